The van der Waals surface area contributed by atoms with Crippen molar-refractivity contribution in [2.75, 3.05) is 19.8 Å². The van der Waals surface area contributed by atoms with E-state index in [-0.39, 0.29) is 6.61 Å². The van der Waals surface area contributed by atoms with Gasteiger partial charge in [-0.2, -0.15) is 0 Å². The second-order valence-corrected chi connectivity index (χ2v) is 3.39. The van der Waals surface area contributed by atoms with Gasteiger partial charge in [0.05, 0.1) is 13.2 Å². The topological polar surface area (TPSA) is 38.7 Å². The van der Waals surface area contributed by atoms with Crippen molar-refractivity contribution in [2.24, 2.45) is 0 Å². The summed E-state index contributed by atoms with van der Waals surface area (Å²) in [4.78, 5) is 0. The molecule has 1 aromatic rings. The molecule has 0 aliphatic carbocycles. The van der Waals surface area contributed by atoms with Gasteiger partial charge in [-0.1, -0.05) is 11.6 Å². The molecule has 1 aromatic carbocycles. The molecule has 0 aliphatic rings. The molecule has 4 heteroatoms. The van der Waals surface area contributed by atoms with Gasteiger partial charge in [-0.25, -0.2) is 0 Å². The lowest BCUT2D eigenvalue weighted by atomic mass is 10.2. The van der Waals surface area contributed by atoms with Crippen LogP contribution < -0.4 is 4.74 Å². The Balaban J connectivity index is 2.52. The summed E-state index contributed by atoms with van der Waals surface area (Å²) in [7, 11) is 0. The van der Waals surface area contributed by atoms with E-state index in [1.54, 1.807) is 18.2 Å². The van der Waals surface area contributed by atoms with Gasteiger partial charge in [-0.05, 0) is 25.1 Å². The highest BCUT2D eigenvalue weighted by Crippen LogP contribution is 2.22. The molecule has 1 rings (SSSR count). The van der Waals surface area contributed by atoms with E-state index in [9.17, 15) is 0 Å². The third kappa shape index (κ3) is 4.08. The van der Waals surface area contributed by atoms with Gasteiger partial charge in [0, 0.05) is 17.2 Å². The molecule has 0 heterocycles. The number of hydrogen-bond donors (Lipinski definition) is 1. The molecule has 0 spiro atoms. The number of ether oxygens (including phenoxy) is 2. The van der Waals surface area contributed by atoms with E-state index in [1.165, 1.54) is 0 Å². The molecule has 0 fully saturated rings. The van der Waals surface area contributed by atoms with Gasteiger partial charge in [0.25, 0.3) is 0 Å². The molecule has 0 atom stereocenters. The number of hydrogen-bond acceptors (Lipinski definition) is 3. The third-order valence-electron chi connectivity index (χ3n) is 1.88. The van der Waals surface area contributed by atoms with Gasteiger partial charge in [0.1, 0.15) is 12.4 Å². The van der Waals surface area contributed by atoms with Crippen LogP contribution in [0, 0.1) is 0 Å². The van der Waals surface area contributed by atoms with E-state index < -0.39 is 0 Å². The Hall–Kier alpha value is -0.770. The summed E-state index contributed by atoms with van der Waals surface area (Å²) >= 11 is 5.79. The number of benzene rings is 1. The molecule has 0 aliphatic heterocycles. The van der Waals surface area contributed by atoms with Crippen molar-refractivity contribution < 1.29 is 14.6 Å². The molecule has 0 aromatic heterocycles. The molecule has 0 saturated heterocycles. The summed E-state index contributed by atoms with van der Waals surface area (Å²) in [6.07, 6.45) is 0. The fourth-order valence-electron chi connectivity index (χ4n) is 1.17. The van der Waals surface area contributed by atoms with Crippen LogP contribution in [0.5, 0.6) is 5.75 Å². The van der Waals surface area contributed by atoms with Crippen LogP contribution >= 0.6 is 11.6 Å². The number of aliphatic hydroxyl groups excluding tert-OH is 1. The number of halogens is 1. The molecule has 15 heavy (non-hydrogen) atoms. The van der Waals surface area contributed by atoms with Crippen molar-refractivity contribution in [3.63, 3.8) is 0 Å². The second kappa shape index (κ2) is 6.67. The van der Waals surface area contributed by atoms with Crippen LogP contribution in [-0.4, -0.2) is 24.9 Å². The van der Waals surface area contributed by atoms with Crippen LogP contribution in [-0.2, 0) is 11.3 Å². The summed E-state index contributed by atoms with van der Waals surface area (Å²) in [5, 5.41) is 9.67. The van der Waals surface area contributed by atoms with E-state index in [0.717, 1.165) is 0 Å². The average molecular weight is 231 g/mol. The fourth-order valence-corrected chi connectivity index (χ4v) is 1.36. The maximum atomic E-state index is 9.08. The molecule has 0 radical (unpaired) electrons. The standard InChI is InChI=1S/C11H15ClO3/c1-2-14-5-6-15-11-4-3-10(12)7-9(11)8-13/h3-4,7,13H,2,5-6,8H2,1H3. The Morgan fingerprint density at radius 2 is 2.13 bits per heavy atom. The predicted octanol–water partition coefficient (Wildman–Crippen LogP) is 2.25. The molecular formula is C11H15ClO3. The Bertz CT molecular complexity index is 302. The zero-order valence-electron chi connectivity index (χ0n) is 8.70. The maximum absolute atomic E-state index is 9.08. The van der Waals surface area contributed by atoms with E-state index in [4.69, 9.17) is 26.2 Å². The molecule has 0 amide bonds. The molecular weight excluding hydrogens is 216 g/mol. The van der Waals surface area contributed by atoms with Crippen LogP contribution in [0.25, 0.3) is 0 Å². The highest BCUT2D eigenvalue weighted by atomic mass is 35.5. The van der Waals surface area contributed by atoms with Gasteiger partial charge < -0.3 is 14.6 Å². The maximum Gasteiger partial charge on any atom is 0.125 e. The first-order valence-electron chi connectivity index (χ1n) is 4.87. The van der Waals surface area contributed by atoms with Crippen molar-refractivity contribution in [3.05, 3.63) is 28.8 Å². The van der Waals surface area contributed by atoms with Gasteiger partial charge in [0.15, 0.2) is 0 Å². The highest BCUT2D eigenvalue weighted by Gasteiger charge is 2.03. The molecule has 84 valence electrons. The average Bonchev–Trinajstić information content (AvgIpc) is 2.26. The van der Waals surface area contributed by atoms with Crippen molar-refractivity contribution >= 4 is 11.6 Å². The molecule has 0 unspecified atom stereocenters. The molecule has 1 N–H and O–H groups in total. The van der Waals surface area contributed by atoms with E-state index in [1.807, 2.05) is 6.92 Å². The largest absolute Gasteiger partial charge is 0.491 e. The van der Waals surface area contributed by atoms with Crippen LogP contribution in [0.15, 0.2) is 18.2 Å². The quantitative estimate of drug-likeness (QED) is 0.762. The lowest BCUT2D eigenvalue weighted by Crippen LogP contribution is -2.07. The zero-order valence-corrected chi connectivity index (χ0v) is 9.46. The van der Waals surface area contributed by atoms with Gasteiger partial charge in [-0.3, -0.25) is 0 Å². The Morgan fingerprint density at radius 1 is 1.33 bits per heavy atom. The Kier molecular flexibility index (Phi) is 5.47. The summed E-state index contributed by atoms with van der Waals surface area (Å²) in [6, 6.07) is 5.17. The van der Waals surface area contributed by atoms with Crippen molar-refractivity contribution in [1.29, 1.82) is 0 Å². The fraction of sp³-hybridized carbons (Fsp3) is 0.455. The van der Waals surface area contributed by atoms with Gasteiger partial charge in [0.2, 0.25) is 0 Å². The minimum absolute atomic E-state index is 0.0788. The minimum atomic E-state index is -0.0788. The van der Waals surface area contributed by atoms with E-state index in [0.29, 0.717) is 36.2 Å². The van der Waals surface area contributed by atoms with E-state index in [2.05, 4.69) is 0 Å². The first-order valence-corrected chi connectivity index (χ1v) is 5.25. The van der Waals surface area contributed by atoms with Crippen molar-refractivity contribution in [3.8, 4) is 5.75 Å². The minimum Gasteiger partial charge on any atom is -0.491 e. The second-order valence-electron chi connectivity index (χ2n) is 2.96. The summed E-state index contributed by atoms with van der Waals surface area (Å²) in [5.74, 6) is 0.654. The molecule has 3 nitrogen and oxygen atoms in total. The van der Waals surface area contributed by atoms with Crippen LogP contribution in [0.4, 0.5) is 0 Å². The smallest absolute Gasteiger partial charge is 0.125 e. The summed E-state index contributed by atoms with van der Waals surface area (Å²) in [5.41, 5.74) is 0.694. The van der Waals surface area contributed by atoms with Crippen molar-refractivity contribution in [1.82, 2.24) is 0 Å². The normalized spacial score (nSPS) is 10.3. The Morgan fingerprint density at radius 3 is 2.80 bits per heavy atom. The monoisotopic (exact) mass is 230 g/mol. The van der Waals surface area contributed by atoms with Crippen LogP contribution in [0.3, 0.4) is 0 Å². The first-order chi connectivity index (χ1) is 7.27. The zero-order chi connectivity index (χ0) is 11.1. The van der Waals surface area contributed by atoms with Crippen LogP contribution in [0.2, 0.25) is 5.02 Å². The van der Waals surface area contributed by atoms with E-state index >= 15 is 0 Å². The SMILES string of the molecule is CCOCCOc1ccc(Cl)cc1CO. The van der Waals surface area contributed by atoms with Gasteiger partial charge >= 0.3 is 0 Å². The number of rotatable bonds is 6. The lowest BCUT2D eigenvalue weighted by Gasteiger charge is -2.10. The summed E-state index contributed by atoms with van der Waals surface area (Å²) < 4.78 is 10.6. The van der Waals surface area contributed by atoms with Gasteiger partial charge in [-0.15, -0.1) is 0 Å². The lowest BCUT2D eigenvalue weighted by molar-refractivity contribution is 0.109. The number of aliphatic hydroxyl groups is 1. The predicted molar refractivity (Wildman–Crippen MR) is 59.4 cm³/mol. The molecule has 0 bridgehead atoms. The third-order valence-corrected chi connectivity index (χ3v) is 2.12. The van der Waals surface area contributed by atoms with Crippen molar-refractivity contribution in [2.45, 2.75) is 13.5 Å². The summed E-state index contributed by atoms with van der Waals surface area (Å²) in [6.45, 7) is 3.55. The first kappa shape index (κ1) is 12.3. The molecule has 0 saturated carbocycles. The van der Waals surface area contributed by atoms with Crippen LogP contribution in [0.1, 0.15) is 12.5 Å². The Labute approximate surface area is 94.6 Å². The highest BCUT2D eigenvalue weighted by molar-refractivity contribution is 6.30.